The Balaban J connectivity index is 3.42. The van der Waals surface area contributed by atoms with Crippen molar-refractivity contribution in [3.8, 4) is 6.07 Å². The van der Waals surface area contributed by atoms with E-state index < -0.39 is 11.8 Å². The van der Waals surface area contributed by atoms with Crippen molar-refractivity contribution in [2.24, 2.45) is 0 Å². The number of nitrogens with zero attached hydrogens (tertiary/aromatic N) is 1. The van der Waals surface area contributed by atoms with Gasteiger partial charge in [0.1, 0.15) is 6.07 Å². The summed E-state index contributed by atoms with van der Waals surface area (Å²) in [6.07, 6.45) is 0. The minimum Gasteiger partial charge on any atom is -0.478 e. The van der Waals surface area contributed by atoms with Crippen molar-refractivity contribution in [3.63, 3.8) is 0 Å². The van der Waals surface area contributed by atoms with Gasteiger partial charge in [-0.15, -0.1) is 0 Å². The fraction of sp³-hybridized carbons (Fsp3) is 0. The number of hydrogen-bond donors (Lipinski definition) is 1. The Morgan fingerprint density at radius 2 is 2.23 bits per heavy atom. The van der Waals surface area contributed by atoms with Crippen molar-refractivity contribution in [2.45, 2.75) is 0 Å². The molecule has 1 rings (SSSR count). The normalized spacial score (nSPS) is 9.31. The summed E-state index contributed by atoms with van der Waals surface area (Å²) in [7, 11) is 0. The van der Waals surface area contributed by atoms with Crippen molar-refractivity contribution in [1.82, 2.24) is 0 Å². The van der Waals surface area contributed by atoms with Crippen LogP contribution >= 0.6 is 15.9 Å². The van der Waals surface area contributed by atoms with Crippen molar-refractivity contribution in [2.75, 3.05) is 0 Å². The van der Waals surface area contributed by atoms with Gasteiger partial charge < -0.3 is 5.11 Å². The zero-order valence-electron chi connectivity index (χ0n) is 6.21. The maximum Gasteiger partial charge on any atom is 0.336 e. The lowest BCUT2D eigenvalue weighted by atomic mass is 10.1. The number of hydrogen-bond acceptors (Lipinski definition) is 2. The predicted octanol–water partition coefficient (Wildman–Crippen LogP) is 2.16. The molecule has 0 heterocycles. The molecule has 0 spiro atoms. The summed E-state index contributed by atoms with van der Waals surface area (Å²) in [6.45, 7) is 0. The molecule has 0 aliphatic carbocycles. The molecule has 0 saturated carbocycles. The standard InChI is InChI=1S/C8H3BrFNO2/c9-6-5(8(12)13)2-1-4(3-11)7(6)10/h1-2H,(H,12,13). The topological polar surface area (TPSA) is 61.1 Å². The van der Waals surface area contributed by atoms with Crippen molar-refractivity contribution < 1.29 is 14.3 Å². The van der Waals surface area contributed by atoms with E-state index >= 15 is 0 Å². The highest BCUT2D eigenvalue weighted by molar-refractivity contribution is 9.10. The Labute approximate surface area is 81.5 Å². The van der Waals surface area contributed by atoms with Gasteiger partial charge in [-0.05, 0) is 28.1 Å². The second-order valence-corrected chi connectivity index (χ2v) is 3.00. The van der Waals surface area contributed by atoms with Crippen LogP contribution in [0.2, 0.25) is 0 Å². The summed E-state index contributed by atoms with van der Waals surface area (Å²) in [4.78, 5) is 10.5. The van der Waals surface area contributed by atoms with E-state index in [9.17, 15) is 9.18 Å². The Morgan fingerprint density at radius 1 is 1.62 bits per heavy atom. The molecule has 0 aliphatic rings. The second-order valence-electron chi connectivity index (χ2n) is 2.21. The molecule has 0 fully saturated rings. The summed E-state index contributed by atoms with van der Waals surface area (Å²) in [6, 6.07) is 3.91. The van der Waals surface area contributed by atoms with Gasteiger partial charge in [0.15, 0.2) is 5.82 Å². The fourth-order valence-corrected chi connectivity index (χ4v) is 1.32. The number of benzene rings is 1. The molecule has 3 nitrogen and oxygen atoms in total. The highest BCUT2D eigenvalue weighted by atomic mass is 79.9. The van der Waals surface area contributed by atoms with Gasteiger partial charge in [-0.25, -0.2) is 9.18 Å². The number of nitriles is 1. The third kappa shape index (κ3) is 1.68. The first-order chi connectivity index (χ1) is 6.07. The molecule has 5 heteroatoms. The van der Waals surface area contributed by atoms with E-state index in [1.807, 2.05) is 0 Å². The molecule has 0 bridgehead atoms. The van der Waals surface area contributed by atoms with E-state index in [4.69, 9.17) is 10.4 Å². The SMILES string of the molecule is N#Cc1ccc(C(=O)O)c(Br)c1F. The molecule has 0 atom stereocenters. The summed E-state index contributed by atoms with van der Waals surface area (Å²) >= 11 is 2.77. The van der Waals surface area contributed by atoms with Gasteiger partial charge in [-0.3, -0.25) is 0 Å². The summed E-state index contributed by atoms with van der Waals surface area (Å²) < 4.78 is 12.9. The molecule has 0 amide bonds. The number of carboxylic acid groups (broad SMARTS) is 1. The molecule has 0 radical (unpaired) electrons. The van der Waals surface area contributed by atoms with Crippen LogP contribution in [0.5, 0.6) is 0 Å². The van der Waals surface area contributed by atoms with Crippen molar-refractivity contribution in [3.05, 3.63) is 33.5 Å². The lowest BCUT2D eigenvalue weighted by Crippen LogP contribution is -2.00. The van der Waals surface area contributed by atoms with E-state index in [2.05, 4.69) is 15.9 Å². The van der Waals surface area contributed by atoms with Crippen LogP contribution in [-0.4, -0.2) is 11.1 Å². The maximum atomic E-state index is 13.1. The molecule has 13 heavy (non-hydrogen) atoms. The molecule has 0 aromatic heterocycles. The molecule has 66 valence electrons. The molecule has 1 N–H and O–H groups in total. The molecule has 0 aliphatic heterocycles. The number of carbonyl (C=O) groups is 1. The number of halogens is 2. The number of carboxylic acids is 1. The average molecular weight is 244 g/mol. The lowest BCUT2D eigenvalue weighted by Gasteiger charge is -2.00. The van der Waals surface area contributed by atoms with E-state index in [1.54, 1.807) is 6.07 Å². The van der Waals surface area contributed by atoms with Gasteiger partial charge >= 0.3 is 5.97 Å². The smallest absolute Gasteiger partial charge is 0.336 e. The molecule has 0 saturated heterocycles. The van der Waals surface area contributed by atoms with E-state index in [-0.39, 0.29) is 15.6 Å². The van der Waals surface area contributed by atoms with E-state index in [1.165, 1.54) is 6.07 Å². The summed E-state index contributed by atoms with van der Waals surface area (Å²) in [5.74, 6) is -2.09. The van der Waals surface area contributed by atoms with Gasteiger partial charge in [0, 0.05) is 0 Å². The second kappa shape index (κ2) is 3.54. The summed E-state index contributed by atoms with van der Waals surface area (Å²) in [5.41, 5.74) is -0.381. The van der Waals surface area contributed by atoms with Crippen molar-refractivity contribution >= 4 is 21.9 Å². The molecular formula is C8H3BrFNO2. The highest BCUT2D eigenvalue weighted by Gasteiger charge is 2.15. The van der Waals surface area contributed by atoms with Gasteiger partial charge in [0.2, 0.25) is 0 Å². The maximum absolute atomic E-state index is 13.1. The quantitative estimate of drug-likeness (QED) is 0.823. The molecular weight excluding hydrogens is 241 g/mol. The number of aromatic carboxylic acids is 1. The molecule has 1 aromatic carbocycles. The van der Waals surface area contributed by atoms with Gasteiger partial charge in [0.05, 0.1) is 15.6 Å². The van der Waals surface area contributed by atoms with Crippen LogP contribution in [0.3, 0.4) is 0 Å². The lowest BCUT2D eigenvalue weighted by molar-refractivity contribution is 0.0695. The Hall–Kier alpha value is -1.41. The Bertz CT molecular complexity index is 411. The summed E-state index contributed by atoms with van der Waals surface area (Å²) in [5, 5.41) is 17.0. The predicted molar refractivity (Wildman–Crippen MR) is 45.8 cm³/mol. The fourth-order valence-electron chi connectivity index (χ4n) is 0.801. The van der Waals surface area contributed by atoms with Crippen LogP contribution in [0.15, 0.2) is 16.6 Å². The van der Waals surface area contributed by atoms with Gasteiger partial charge in [0.25, 0.3) is 0 Å². The monoisotopic (exact) mass is 243 g/mol. The van der Waals surface area contributed by atoms with Crippen LogP contribution < -0.4 is 0 Å². The van der Waals surface area contributed by atoms with Crippen LogP contribution in [0.4, 0.5) is 4.39 Å². The van der Waals surface area contributed by atoms with Gasteiger partial charge in [-0.1, -0.05) is 0 Å². The minimum absolute atomic E-state index is 0.183. The van der Waals surface area contributed by atoms with Crippen LogP contribution in [0, 0.1) is 17.1 Å². The number of rotatable bonds is 1. The Kier molecular flexibility index (Phi) is 2.63. The first kappa shape index (κ1) is 9.68. The molecule has 1 aromatic rings. The minimum atomic E-state index is -1.24. The zero-order chi connectivity index (χ0) is 10.0. The first-order valence-electron chi connectivity index (χ1n) is 3.19. The third-order valence-corrected chi connectivity index (χ3v) is 2.21. The van der Waals surface area contributed by atoms with Crippen molar-refractivity contribution in [1.29, 1.82) is 5.26 Å². The zero-order valence-corrected chi connectivity index (χ0v) is 7.80. The Morgan fingerprint density at radius 3 is 2.69 bits per heavy atom. The van der Waals surface area contributed by atoms with Crippen LogP contribution in [0.1, 0.15) is 15.9 Å². The average Bonchev–Trinajstić information content (AvgIpc) is 2.09. The highest BCUT2D eigenvalue weighted by Crippen LogP contribution is 2.23. The van der Waals surface area contributed by atoms with Crippen LogP contribution in [-0.2, 0) is 0 Å². The van der Waals surface area contributed by atoms with E-state index in [0.717, 1.165) is 6.07 Å². The van der Waals surface area contributed by atoms with Crippen LogP contribution in [0.25, 0.3) is 0 Å². The van der Waals surface area contributed by atoms with Gasteiger partial charge in [-0.2, -0.15) is 5.26 Å². The first-order valence-corrected chi connectivity index (χ1v) is 3.98. The van der Waals surface area contributed by atoms with E-state index in [0.29, 0.717) is 0 Å². The largest absolute Gasteiger partial charge is 0.478 e. The third-order valence-electron chi connectivity index (χ3n) is 1.43. The molecule has 0 unspecified atom stereocenters.